The van der Waals surface area contributed by atoms with Crippen LogP contribution in [0.2, 0.25) is 0 Å². The smallest absolute Gasteiger partial charge is 0.322 e. The quantitative estimate of drug-likeness (QED) is 0.385. The average molecular weight is 208 g/mol. The van der Waals surface area contributed by atoms with Crippen molar-refractivity contribution >= 4 is 11.9 Å². The lowest BCUT2D eigenvalue weighted by Crippen LogP contribution is -2.22. The Bertz CT molecular complexity index is 444. The summed E-state index contributed by atoms with van der Waals surface area (Å²) in [6.07, 6.45) is 0. The molecular formula is C9H8N2O4. The highest BCUT2D eigenvalue weighted by atomic mass is 16.3. The third kappa shape index (κ3) is 1.56. The second-order valence-electron chi connectivity index (χ2n) is 3.14. The molecule has 1 unspecified atom stereocenters. The number of rotatable bonds is 1. The molecule has 1 aliphatic rings. The van der Waals surface area contributed by atoms with Gasteiger partial charge in [0, 0.05) is 0 Å². The van der Waals surface area contributed by atoms with Crippen LogP contribution < -0.4 is 10.6 Å². The highest BCUT2D eigenvalue weighted by Gasteiger charge is 2.31. The number of urea groups is 1. The number of phenolic OH excluding ortho intramolecular Hbond substituents is 2. The minimum atomic E-state index is -0.816. The maximum atomic E-state index is 11.2. The molecule has 1 atom stereocenters. The van der Waals surface area contributed by atoms with E-state index in [-0.39, 0.29) is 11.5 Å². The van der Waals surface area contributed by atoms with Crippen LogP contribution in [0.1, 0.15) is 11.6 Å². The van der Waals surface area contributed by atoms with Gasteiger partial charge in [0.15, 0.2) is 11.5 Å². The Kier molecular flexibility index (Phi) is 1.96. The lowest BCUT2D eigenvalue weighted by atomic mass is 10.1. The zero-order valence-corrected chi connectivity index (χ0v) is 7.52. The highest BCUT2D eigenvalue weighted by molar-refractivity contribution is 6.04. The van der Waals surface area contributed by atoms with Crippen LogP contribution in [0.5, 0.6) is 11.5 Å². The number of hydrogen-bond acceptors (Lipinski definition) is 4. The number of imide groups is 1. The molecule has 6 heteroatoms. The molecule has 1 heterocycles. The molecule has 15 heavy (non-hydrogen) atoms. The Labute approximate surface area is 84.5 Å². The number of nitrogens with one attached hydrogen (secondary N) is 2. The molecule has 0 aromatic heterocycles. The topological polar surface area (TPSA) is 98.7 Å². The van der Waals surface area contributed by atoms with Gasteiger partial charge in [-0.1, -0.05) is 6.07 Å². The number of benzene rings is 1. The van der Waals surface area contributed by atoms with Crippen LogP contribution in [-0.2, 0) is 4.79 Å². The van der Waals surface area contributed by atoms with Crippen LogP contribution in [0.4, 0.5) is 4.79 Å². The van der Waals surface area contributed by atoms with Crippen molar-refractivity contribution in [1.82, 2.24) is 10.6 Å². The van der Waals surface area contributed by atoms with E-state index in [0.717, 1.165) is 0 Å². The Morgan fingerprint density at radius 1 is 1.13 bits per heavy atom. The number of carbonyl (C=O) groups excluding carboxylic acids is 2. The summed E-state index contributed by atoms with van der Waals surface area (Å²) in [6, 6.07) is 2.54. The second kappa shape index (κ2) is 3.16. The van der Waals surface area contributed by atoms with Crippen LogP contribution in [0.3, 0.4) is 0 Å². The molecule has 0 radical (unpaired) electrons. The summed E-state index contributed by atoms with van der Waals surface area (Å²) >= 11 is 0. The summed E-state index contributed by atoms with van der Waals surface area (Å²) in [5, 5.41) is 22.7. The number of hydrogen-bond donors (Lipinski definition) is 4. The van der Waals surface area contributed by atoms with E-state index in [1.54, 1.807) is 0 Å². The first-order valence-electron chi connectivity index (χ1n) is 4.21. The average Bonchev–Trinajstić information content (AvgIpc) is 2.50. The Hall–Kier alpha value is -2.24. The van der Waals surface area contributed by atoms with Crippen molar-refractivity contribution < 1.29 is 19.8 Å². The minimum absolute atomic E-state index is 0.275. The monoisotopic (exact) mass is 208 g/mol. The molecule has 4 N–H and O–H groups in total. The van der Waals surface area contributed by atoms with Crippen molar-refractivity contribution in [2.45, 2.75) is 6.04 Å². The van der Waals surface area contributed by atoms with E-state index in [2.05, 4.69) is 10.6 Å². The third-order valence-corrected chi connectivity index (χ3v) is 2.11. The molecule has 0 bridgehead atoms. The first-order chi connectivity index (χ1) is 7.08. The summed E-state index contributed by atoms with van der Waals surface area (Å²) < 4.78 is 0. The van der Waals surface area contributed by atoms with Gasteiger partial charge in [-0.3, -0.25) is 10.1 Å². The fourth-order valence-corrected chi connectivity index (χ4v) is 1.37. The molecule has 0 aliphatic carbocycles. The molecule has 0 spiro atoms. The van der Waals surface area contributed by atoms with Crippen molar-refractivity contribution in [2.75, 3.05) is 0 Å². The van der Waals surface area contributed by atoms with Crippen LogP contribution in [0.15, 0.2) is 18.2 Å². The van der Waals surface area contributed by atoms with E-state index >= 15 is 0 Å². The van der Waals surface area contributed by atoms with Gasteiger partial charge in [-0.15, -0.1) is 0 Å². The molecule has 3 amide bonds. The van der Waals surface area contributed by atoms with E-state index in [4.69, 9.17) is 5.11 Å². The highest BCUT2D eigenvalue weighted by Crippen LogP contribution is 2.28. The Morgan fingerprint density at radius 3 is 2.40 bits per heavy atom. The first-order valence-corrected chi connectivity index (χ1v) is 4.21. The number of amides is 3. The van der Waals surface area contributed by atoms with Gasteiger partial charge in [0.1, 0.15) is 6.04 Å². The Morgan fingerprint density at radius 2 is 1.87 bits per heavy atom. The summed E-state index contributed by atoms with van der Waals surface area (Å²) in [7, 11) is 0. The fraction of sp³-hybridized carbons (Fsp3) is 0.111. The molecule has 1 aromatic carbocycles. The molecular weight excluding hydrogens is 200 g/mol. The zero-order valence-electron chi connectivity index (χ0n) is 7.52. The van der Waals surface area contributed by atoms with Crippen LogP contribution in [0.25, 0.3) is 0 Å². The van der Waals surface area contributed by atoms with E-state index in [9.17, 15) is 14.7 Å². The second-order valence-corrected chi connectivity index (χ2v) is 3.14. The predicted molar refractivity (Wildman–Crippen MR) is 49.2 cm³/mol. The summed E-state index contributed by atoms with van der Waals surface area (Å²) in [5.74, 6) is -1.09. The summed E-state index contributed by atoms with van der Waals surface area (Å²) in [6.45, 7) is 0. The van der Waals surface area contributed by atoms with Gasteiger partial charge in [0.2, 0.25) is 0 Å². The van der Waals surface area contributed by atoms with Crippen molar-refractivity contribution in [1.29, 1.82) is 0 Å². The minimum Gasteiger partial charge on any atom is -0.504 e. The molecule has 2 rings (SSSR count). The number of aromatic hydroxyl groups is 2. The number of phenols is 2. The molecule has 1 saturated heterocycles. The zero-order chi connectivity index (χ0) is 11.0. The molecule has 0 saturated carbocycles. The van der Waals surface area contributed by atoms with E-state index < -0.39 is 18.0 Å². The van der Waals surface area contributed by atoms with Crippen molar-refractivity contribution in [3.8, 4) is 11.5 Å². The van der Waals surface area contributed by atoms with E-state index in [1.165, 1.54) is 18.2 Å². The molecule has 6 nitrogen and oxygen atoms in total. The predicted octanol–water partition coefficient (Wildman–Crippen LogP) is -0.0217. The lowest BCUT2D eigenvalue weighted by molar-refractivity contribution is -0.120. The van der Waals surface area contributed by atoms with E-state index in [1.807, 2.05) is 0 Å². The molecule has 1 aliphatic heterocycles. The molecule has 1 aromatic rings. The van der Waals surface area contributed by atoms with E-state index in [0.29, 0.717) is 5.56 Å². The molecule has 78 valence electrons. The van der Waals surface area contributed by atoms with Gasteiger partial charge in [-0.2, -0.15) is 0 Å². The number of carbonyl (C=O) groups is 2. The van der Waals surface area contributed by atoms with Gasteiger partial charge >= 0.3 is 6.03 Å². The summed E-state index contributed by atoms with van der Waals surface area (Å²) in [5.41, 5.74) is 0.411. The standard InChI is InChI=1S/C9H8N2O4/c12-5-2-1-4(3-6(5)13)7-8(14)11-9(15)10-7/h1-3,7,12-13H,(H2,10,11,14,15). The van der Waals surface area contributed by atoms with Gasteiger partial charge in [0.05, 0.1) is 0 Å². The van der Waals surface area contributed by atoms with Gasteiger partial charge in [0.25, 0.3) is 5.91 Å². The Balaban J connectivity index is 2.34. The normalized spacial score (nSPS) is 19.9. The maximum absolute atomic E-state index is 11.2. The fourth-order valence-electron chi connectivity index (χ4n) is 1.37. The van der Waals surface area contributed by atoms with Gasteiger partial charge in [-0.05, 0) is 17.7 Å². The summed E-state index contributed by atoms with van der Waals surface area (Å²) in [4.78, 5) is 22.1. The van der Waals surface area contributed by atoms with Crippen LogP contribution >= 0.6 is 0 Å². The maximum Gasteiger partial charge on any atom is 0.322 e. The van der Waals surface area contributed by atoms with Crippen molar-refractivity contribution in [2.24, 2.45) is 0 Å². The van der Waals surface area contributed by atoms with Crippen molar-refractivity contribution in [3.05, 3.63) is 23.8 Å². The van der Waals surface area contributed by atoms with Gasteiger partial charge in [-0.25, -0.2) is 4.79 Å². The van der Waals surface area contributed by atoms with Gasteiger partial charge < -0.3 is 15.5 Å². The SMILES string of the molecule is O=C1NC(=O)C(c2ccc(O)c(O)c2)N1. The largest absolute Gasteiger partial charge is 0.504 e. The van der Waals surface area contributed by atoms with Crippen LogP contribution in [0, 0.1) is 0 Å². The van der Waals surface area contributed by atoms with Crippen molar-refractivity contribution in [3.63, 3.8) is 0 Å². The van der Waals surface area contributed by atoms with Crippen LogP contribution in [-0.4, -0.2) is 22.2 Å². The third-order valence-electron chi connectivity index (χ3n) is 2.11. The lowest BCUT2D eigenvalue weighted by Gasteiger charge is -2.08. The first kappa shape index (κ1) is 9.32. The molecule has 1 fully saturated rings.